The molecule has 0 radical (unpaired) electrons. The van der Waals surface area contributed by atoms with Gasteiger partial charge in [0.15, 0.2) is 0 Å². The third kappa shape index (κ3) is 3.14. The molecule has 0 unspecified atom stereocenters. The number of alkyl halides is 3. The topological polar surface area (TPSA) is 23.5 Å². The zero-order valence-electron chi connectivity index (χ0n) is 14.5. The molecule has 1 aliphatic carbocycles. The van der Waals surface area contributed by atoms with Gasteiger partial charge in [-0.1, -0.05) is 24.3 Å². The zero-order valence-corrected chi connectivity index (χ0v) is 14.5. The summed E-state index contributed by atoms with van der Waals surface area (Å²) in [6.45, 7) is 2.13. The molecule has 0 spiro atoms. The van der Waals surface area contributed by atoms with Crippen molar-refractivity contribution in [1.82, 2.24) is 4.90 Å². The van der Waals surface area contributed by atoms with E-state index in [0.29, 0.717) is 12.0 Å². The summed E-state index contributed by atoms with van der Waals surface area (Å²) in [5.41, 5.74) is 3.85. The Kier molecular flexibility index (Phi) is 4.53. The fourth-order valence-corrected chi connectivity index (χ4v) is 4.43. The van der Waals surface area contributed by atoms with E-state index < -0.39 is 11.7 Å². The molecule has 138 valence electrons. The van der Waals surface area contributed by atoms with Gasteiger partial charge in [-0.2, -0.15) is 13.2 Å². The molecule has 5 heteroatoms. The van der Waals surface area contributed by atoms with Gasteiger partial charge in [0.2, 0.25) is 0 Å². The smallest absolute Gasteiger partial charge is 0.396 e. The summed E-state index contributed by atoms with van der Waals surface area (Å²) < 4.78 is 38.3. The van der Waals surface area contributed by atoms with Crippen LogP contribution in [0, 0.1) is 0 Å². The summed E-state index contributed by atoms with van der Waals surface area (Å²) in [6, 6.07) is 12.1. The van der Waals surface area contributed by atoms with Crippen molar-refractivity contribution in [2.75, 3.05) is 19.7 Å². The van der Waals surface area contributed by atoms with Crippen LogP contribution in [0.1, 0.15) is 47.9 Å². The number of likely N-dealkylation sites (tertiary alicyclic amines) is 1. The van der Waals surface area contributed by atoms with E-state index in [9.17, 15) is 13.2 Å². The number of aliphatic hydroxyl groups excluding tert-OH is 1. The maximum Gasteiger partial charge on any atom is 0.416 e. The normalized spacial score (nSPS) is 22.5. The molecule has 2 nitrogen and oxygen atoms in total. The van der Waals surface area contributed by atoms with Gasteiger partial charge in [-0.25, -0.2) is 0 Å². The summed E-state index contributed by atoms with van der Waals surface area (Å²) in [5, 5.41) is 9.13. The van der Waals surface area contributed by atoms with Crippen LogP contribution in [-0.4, -0.2) is 29.7 Å². The Hall–Kier alpha value is -1.85. The molecule has 2 bridgehead atoms. The van der Waals surface area contributed by atoms with Crippen molar-refractivity contribution in [3.63, 3.8) is 0 Å². The van der Waals surface area contributed by atoms with Crippen LogP contribution < -0.4 is 0 Å². The first-order valence-corrected chi connectivity index (χ1v) is 9.14. The van der Waals surface area contributed by atoms with Gasteiger partial charge in [-0.3, -0.25) is 4.90 Å². The lowest BCUT2D eigenvalue weighted by molar-refractivity contribution is -0.137. The molecular formula is C21H22F3NO. The summed E-state index contributed by atoms with van der Waals surface area (Å²) >= 11 is 0. The van der Waals surface area contributed by atoms with Crippen LogP contribution in [0.25, 0.3) is 11.1 Å². The maximum absolute atomic E-state index is 12.8. The first kappa shape index (κ1) is 17.6. The van der Waals surface area contributed by atoms with Gasteiger partial charge >= 0.3 is 6.18 Å². The molecule has 2 aromatic rings. The highest BCUT2D eigenvalue weighted by Crippen LogP contribution is 2.49. The number of rotatable bonds is 4. The Morgan fingerprint density at radius 3 is 2.42 bits per heavy atom. The van der Waals surface area contributed by atoms with Gasteiger partial charge in [0, 0.05) is 19.2 Å². The van der Waals surface area contributed by atoms with E-state index in [1.54, 1.807) is 12.1 Å². The van der Waals surface area contributed by atoms with E-state index in [0.717, 1.165) is 55.6 Å². The first-order valence-electron chi connectivity index (χ1n) is 9.14. The molecule has 0 amide bonds. The number of aliphatic hydroxyl groups is 1. The predicted octanol–water partition coefficient (Wildman–Crippen LogP) is 4.99. The van der Waals surface area contributed by atoms with Gasteiger partial charge in [0.25, 0.3) is 0 Å². The Labute approximate surface area is 151 Å². The van der Waals surface area contributed by atoms with Crippen molar-refractivity contribution in [3.05, 3.63) is 59.2 Å². The van der Waals surface area contributed by atoms with Crippen molar-refractivity contribution in [2.45, 2.75) is 37.4 Å². The molecule has 1 aliphatic heterocycles. The van der Waals surface area contributed by atoms with Crippen LogP contribution in [0.15, 0.2) is 42.5 Å². The minimum atomic E-state index is -4.30. The van der Waals surface area contributed by atoms with E-state index in [2.05, 4.69) is 17.0 Å². The van der Waals surface area contributed by atoms with Gasteiger partial charge in [0.1, 0.15) is 0 Å². The average Bonchev–Trinajstić information content (AvgIpc) is 2.93. The van der Waals surface area contributed by atoms with Crippen molar-refractivity contribution in [3.8, 4) is 11.1 Å². The summed E-state index contributed by atoms with van der Waals surface area (Å²) in [6.07, 6.45) is -1.29. The lowest BCUT2D eigenvalue weighted by Gasteiger charge is -2.33. The third-order valence-electron chi connectivity index (χ3n) is 5.75. The molecule has 1 heterocycles. The Morgan fingerprint density at radius 1 is 1.00 bits per heavy atom. The van der Waals surface area contributed by atoms with Crippen LogP contribution in [-0.2, 0) is 6.18 Å². The average molecular weight is 361 g/mol. The molecule has 2 aliphatic rings. The molecular weight excluding hydrogens is 339 g/mol. The minimum absolute atomic E-state index is 0.200. The predicted molar refractivity (Wildman–Crippen MR) is 94.9 cm³/mol. The zero-order chi connectivity index (χ0) is 18.3. The van der Waals surface area contributed by atoms with E-state index in [1.807, 2.05) is 6.07 Å². The monoisotopic (exact) mass is 361 g/mol. The van der Waals surface area contributed by atoms with Crippen molar-refractivity contribution < 1.29 is 18.3 Å². The van der Waals surface area contributed by atoms with E-state index in [4.69, 9.17) is 5.11 Å². The number of hydrogen-bond acceptors (Lipinski definition) is 2. The highest BCUT2D eigenvalue weighted by Gasteiger charge is 2.38. The standard InChI is InChI=1S/C21H22F3NO/c22-21(23,24)17-5-2-14(3-6-17)15-4-7-18-16-8-10-25(9-1-11-26)20(13-16)19(18)12-15/h2-7,12,16,20,26H,1,8-11,13H2/t16-,20+/m1/s1. The van der Waals surface area contributed by atoms with Crippen molar-refractivity contribution in [1.29, 1.82) is 0 Å². The molecule has 4 rings (SSSR count). The number of nitrogens with zero attached hydrogens (tertiary/aromatic N) is 1. The number of hydrogen-bond donors (Lipinski definition) is 1. The molecule has 1 fully saturated rings. The second kappa shape index (κ2) is 6.71. The van der Waals surface area contributed by atoms with Crippen molar-refractivity contribution in [2.24, 2.45) is 0 Å². The summed E-state index contributed by atoms with van der Waals surface area (Å²) in [4.78, 5) is 2.44. The molecule has 2 atom stereocenters. The fraction of sp³-hybridized carbons (Fsp3) is 0.429. The second-order valence-electron chi connectivity index (χ2n) is 7.27. The minimum Gasteiger partial charge on any atom is -0.396 e. The maximum atomic E-state index is 12.8. The Morgan fingerprint density at radius 2 is 1.73 bits per heavy atom. The van der Waals surface area contributed by atoms with Crippen LogP contribution in [0.3, 0.4) is 0 Å². The van der Waals surface area contributed by atoms with Crippen LogP contribution in [0.4, 0.5) is 13.2 Å². The van der Waals surface area contributed by atoms with Crippen molar-refractivity contribution >= 4 is 0 Å². The van der Waals surface area contributed by atoms with Gasteiger partial charge in [0.05, 0.1) is 5.56 Å². The molecule has 0 saturated carbocycles. The van der Waals surface area contributed by atoms with Crippen LogP contribution in [0.5, 0.6) is 0 Å². The van der Waals surface area contributed by atoms with E-state index in [1.165, 1.54) is 11.1 Å². The number of benzene rings is 2. The molecule has 2 aromatic carbocycles. The van der Waals surface area contributed by atoms with Gasteiger partial charge in [-0.15, -0.1) is 0 Å². The molecule has 26 heavy (non-hydrogen) atoms. The molecule has 0 aromatic heterocycles. The summed E-state index contributed by atoms with van der Waals surface area (Å²) in [5.74, 6) is 0.585. The SMILES string of the molecule is OCCCN1CC[C@@H]2C[C@H]1c1cc(-c3ccc(C(F)(F)F)cc3)ccc12. The highest BCUT2D eigenvalue weighted by atomic mass is 19.4. The van der Waals surface area contributed by atoms with E-state index in [-0.39, 0.29) is 6.61 Å². The number of piperidine rings is 1. The van der Waals surface area contributed by atoms with Gasteiger partial charge < -0.3 is 5.11 Å². The third-order valence-corrected chi connectivity index (χ3v) is 5.75. The lowest BCUT2D eigenvalue weighted by atomic mass is 9.94. The Bertz CT molecular complexity index is 783. The summed E-state index contributed by atoms with van der Waals surface area (Å²) in [7, 11) is 0. The molecule has 1 saturated heterocycles. The number of halogens is 3. The highest BCUT2D eigenvalue weighted by molar-refractivity contribution is 5.66. The van der Waals surface area contributed by atoms with E-state index >= 15 is 0 Å². The van der Waals surface area contributed by atoms with Gasteiger partial charge in [-0.05, 0) is 72.2 Å². The first-order chi connectivity index (χ1) is 12.5. The largest absolute Gasteiger partial charge is 0.416 e. The van der Waals surface area contributed by atoms with Crippen LogP contribution in [0.2, 0.25) is 0 Å². The fourth-order valence-electron chi connectivity index (χ4n) is 4.43. The number of fused-ring (bicyclic) bond motifs is 5. The lowest BCUT2D eigenvalue weighted by Crippen LogP contribution is -2.33. The second-order valence-corrected chi connectivity index (χ2v) is 7.27. The Balaban J connectivity index is 1.63. The quantitative estimate of drug-likeness (QED) is 0.829. The molecule has 1 N–H and O–H groups in total. The van der Waals surface area contributed by atoms with Crippen LogP contribution >= 0.6 is 0 Å².